The van der Waals surface area contributed by atoms with Crippen molar-refractivity contribution in [2.45, 2.75) is 75.6 Å². The number of carbonyl (C=O) groups excluding carboxylic acids is 2. The van der Waals surface area contributed by atoms with Gasteiger partial charge >= 0.3 is 0 Å². The molecule has 0 radical (unpaired) electrons. The molecule has 2 atom stereocenters. The van der Waals surface area contributed by atoms with Gasteiger partial charge in [-0.1, -0.05) is 80.5 Å². The average Bonchev–Trinajstić information content (AvgIpc) is 3.07. The van der Waals surface area contributed by atoms with Crippen LogP contribution in [-0.4, -0.2) is 60.4 Å². The van der Waals surface area contributed by atoms with Crippen LogP contribution >= 0.6 is 0 Å². The second-order valence-corrected chi connectivity index (χ2v) is 14.4. The molecular weight excluding hydrogens is 611 g/mol. The minimum absolute atomic E-state index is 0.0528. The van der Waals surface area contributed by atoms with Crippen molar-refractivity contribution in [2.75, 3.05) is 27.2 Å². The molecule has 1 unspecified atom stereocenters. The molecule has 4 rings (SSSR count). The van der Waals surface area contributed by atoms with E-state index < -0.39 is 17.4 Å². The number of oxime groups is 1. The normalized spacial score (nSPS) is 15.6. The van der Waals surface area contributed by atoms with Gasteiger partial charge in [-0.3, -0.25) is 9.59 Å². The van der Waals surface area contributed by atoms with Crippen LogP contribution in [0, 0.1) is 5.92 Å². The standard InChI is InChI=1S/C37H49N5O4S/c1-37(2,3)31-17-15-28(16-18-31)29-11-8-13-32(25-29)47(45)41-33(24-27-10-6-12-30(23-27)35(38)40-46-5)36(44)42-21-19-26(20-22-42)9-7-14-34(43)39-4/h6,8,10-13,15-18,23,25-26,33,41H,7,9,14,19-22,24H2,1-5H3,(H2,38,40)(H,39,43)/t33-,47?/m0/s1. The molecular formula is C37H49N5O4S. The van der Waals surface area contributed by atoms with Crippen LogP contribution in [0.5, 0.6) is 0 Å². The number of nitrogens with two attached hydrogens (primary N) is 1. The van der Waals surface area contributed by atoms with Gasteiger partial charge in [0.05, 0.1) is 11.4 Å². The predicted molar refractivity (Wildman–Crippen MR) is 189 cm³/mol. The van der Waals surface area contributed by atoms with Crippen molar-refractivity contribution in [3.8, 4) is 11.1 Å². The van der Waals surface area contributed by atoms with Crippen LogP contribution in [0.3, 0.4) is 0 Å². The monoisotopic (exact) mass is 659 g/mol. The zero-order valence-corrected chi connectivity index (χ0v) is 29.1. The molecule has 252 valence electrons. The van der Waals surface area contributed by atoms with Crippen molar-refractivity contribution in [1.82, 2.24) is 14.9 Å². The topological polar surface area (TPSA) is 132 Å². The van der Waals surface area contributed by atoms with Gasteiger partial charge in [0, 0.05) is 44.6 Å². The van der Waals surface area contributed by atoms with E-state index in [-0.39, 0.29) is 23.1 Å². The van der Waals surface area contributed by atoms with Crippen LogP contribution in [0.2, 0.25) is 0 Å². The number of amidine groups is 1. The van der Waals surface area contributed by atoms with Crippen LogP contribution in [0.4, 0.5) is 0 Å². The summed E-state index contributed by atoms with van der Waals surface area (Å²) < 4.78 is 17.0. The molecule has 4 N–H and O–H groups in total. The quantitative estimate of drug-likeness (QED) is 0.0989. The number of piperidine rings is 1. The lowest BCUT2D eigenvalue weighted by Gasteiger charge is -2.34. The van der Waals surface area contributed by atoms with Crippen molar-refractivity contribution in [3.63, 3.8) is 0 Å². The molecule has 0 aliphatic carbocycles. The molecule has 47 heavy (non-hydrogen) atoms. The van der Waals surface area contributed by atoms with Gasteiger partial charge in [-0.25, -0.2) is 0 Å². The molecule has 2 amide bonds. The highest BCUT2D eigenvalue weighted by Gasteiger charge is 2.32. The van der Waals surface area contributed by atoms with E-state index >= 15 is 0 Å². The molecule has 3 aromatic carbocycles. The number of hydrogen-bond acceptors (Lipinski definition) is 6. The van der Waals surface area contributed by atoms with Gasteiger partial charge in [0.25, 0.3) is 0 Å². The van der Waals surface area contributed by atoms with Gasteiger partial charge in [0.2, 0.25) is 11.8 Å². The lowest BCUT2D eigenvalue weighted by molar-refractivity contribution is -0.134. The summed E-state index contributed by atoms with van der Waals surface area (Å²) in [5, 5.41) is 6.51. The molecule has 1 aliphatic heterocycles. The first-order valence-electron chi connectivity index (χ1n) is 16.3. The smallest absolute Gasteiger partial charge is 0.244 e. The summed E-state index contributed by atoms with van der Waals surface area (Å²) in [5.41, 5.74) is 10.9. The van der Waals surface area contributed by atoms with E-state index in [2.05, 4.69) is 60.2 Å². The highest BCUT2D eigenvalue weighted by atomic mass is 32.2. The van der Waals surface area contributed by atoms with E-state index in [0.717, 1.165) is 42.4 Å². The van der Waals surface area contributed by atoms with Crippen LogP contribution in [-0.2, 0) is 37.6 Å². The number of carbonyl (C=O) groups is 2. The number of nitrogens with one attached hydrogen (secondary N) is 2. The van der Waals surface area contributed by atoms with Crippen molar-refractivity contribution in [1.29, 1.82) is 0 Å². The summed E-state index contributed by atoms with van der Waals surface area (Å²) in [6.45, 7) is 7.81. The molecule has 1 heterocycles. The van der Waals surface area contributed by atoms with Crippen molar-refractivity contribution in [2.24, 2.45) is 16.8 Å². The fourth-order valence-electron chi connectivity index (χ4n) is 5.91. The Kier molecular flexibility index (Phi) is 12.9. The summed E-state index contributed by atoms with van der Waals surface area (Å²) in [6.07, 6.45) is 4.41. The van der Waals surface area contributed by atoms with E-state index in [1.807, 2.05) is 53.4 Å². The molecule has 0 saturated carbocycles. The Labute approximate surface area is 282 Å². The lowest BCUT2D eigenvalue weighted by Crippen LogP contribution is -2.51. The SMILES string of the molecule is CNC(=O)CCCC1CCN(C(=O)[C@H](Cc2cccc(/C(N)=N\OC)c2)N[S+]([O-])c2cccc(-c3ccc(C(C)(C)C)cc3)c2)CC1. The van der Waals surface area contributed by atoms with Crippen molar-refractivity contribution >= 4 is 29.0 Å². The molecule has 0 bridgehead atoms. The van der Waals surface area contributed by atoms with Crippen LogP contribution in [0.1, 0.15) is 69.6 Å². The van der Waals surface area contributed by atoms with Gasteiger partial charge in [-0.2, -0.15) is 0 Å². The first kappa shape index (κ1) is 36.0. The zero-order chi connectivity index (χ0) is 34.0. The first-order chi connectivity index (χ1) is 22.5. The maximum atomic E-state index is 14.0. The summed E-state index contributed by atoms with van der Waals surface area (Å²) in [5.74, 6) is 0.687. The fourth-order valence-corrected chi connectivity index (χ4v) is 6.93. The van der Waals surface area contributed by atoms with Crippen molar-refractivity contribution in [3.05, 3.63) is 89.5 Å². The Bertz CT molecular complexity index is 1510. The van der Waals surface area contributed by atoms with Gasteiger partial charge in [-0.15, -0.1) is 4.72 Å². The maximum absolute atomic E-state index is 14.0. The third-order valence-electron chi connectivity index (χ3n) is 8.75. The van der Waals surface area contributed by atoms with E-state index in [1.165, 1.54) is 12.7 Å². The Morgan fingerprint density at radius 1 is 1.04 bits per heavy atom. The molecule has 1 aliphatic rings. The number of rotatable bonds is 13. The molecule has 0 aromatic heterocycles. The number of nitrogens with zero attached hydrogens (tertiary/aromatic N) is 2. The van der Waals surface area contributed by atoms with Crippen LogP contribution in [0.25, 0.3) is 11.1 Å². The molecule has 1 saturated heterocycles. The number of amides is 2. The highest BCUT2D eigenvalue weighted by Crippen LogP contribution is 2.28. The second-order valence-electron chi connectivity index (χ2n) is 13.2. The second kappa shape index (κ2) is 16.8. The number of likely N-dealkylation sites (tertiary alicyclic amines) is 1. The fraction of sp³-hybridized carbons (Fsp3) is 0.432. The summed E-state index contributed by atoms with van der Waals surface area (Å²) in [6, 6.07) is 22.9. The Hall–Kier alpha value is -3.86. The maximum Gasteiger partial charge on any atom is 0.244 e. The first-order valence-corrected chi connectivity index (χ1v) is 17.5. The number of hydrogen-bond donors (Lipinski definition) is 3. The highest BCUT2D eigenvalue weighted by molar-refractivity contribution is 7.89. The minimum atomic E-state index is -1.65. The van der Waals surface area contributed by atoms with Gasteiger partial charge in [-0.05, 0) is 71.4 Å². The molecule has 3 aromatic rings. The molecule has 9 nitrogen and oxygen atoms in total. The zero-order valence-electron chi connectivity index (χ0n) is 28.3. The number of benzene rings is 3. The third-order valence-corrected chi connectivity index (χ3v) is 9.93. The van der Waals surface area contributed by atoms with E-state index in [4.69, 9.17) is 10.6 Å². The van der Waals surface area contributed by atoms with Gasteiger partial charge in [0.1, 0.15) is 13.2 Å². The Morgan fingerprint density at radius 3 is 2.40 bits per heavy atom. The Balaban J connectivity index is 1.51. The van der Waals surface area contributed by atoms with Crippen molar-refractivity contribution < 1.29 is 19.0 Å². The van der Waals surface area contributed by atoms with Gasteiger partial charge in [0.15, 0.2) is 10.7 Å². The summed E-state index contributed by atoms with van der Waals surface area (Å²) >= 11 is -1.65. The lowest BCUT2D eigenvalue weighted by atomic mass is 9.86. The minimum Gasteiger partial charge on any atom is -0.593 e. The molecule has 10 heteroatoms. The summed E-state index contributed by atoms with van der Waals surface area (Å²) in [4.78, 5) is 33.0. The van der Waals surface area contributed by atoms with Gasteiger partial charge < -0.3 is 25.3 Å². The predicted octanol–water partition coefficient (Wildman–Crippen LogP) is 5.30. The Morgan fingerprint density at radius 2 is 1.74 bits per heavy atom. The average molecular weight is 660 g/mol. The third kappa shape index (κ3) is 10.3. The largest absolute Gasteiger partial charge is 0.593 e. The van der Waals surface area contributed by atoms with Crippen LogP contribution < -0.4 is 15.8 Å². The van der Waals surface area contributed by atoms with E-state index in [0.29, 0.717) is 42.3 Å². The molecule has 0 spiro atoms. The van der Waals surface area contributed by atoms with E-state index in [1.54, 1.807) is 7.05 Å². The van der Waals surface area contributed by atoms with E-state index in [9.17, 15) is 14.1 Å². The molecule has 1 fully saturated rings. The van der Waals surface area contributed by atoms with Crippen LogP contribution in [0.15, 0.2) is 82.8 Å². The summed E-state index contributed by atoms with van der Waals surface area (Å²) in [7, 11) is 3.09.